The fourth-order valence-electron chi connectivity index (χ4n) is 4.49. The first-order valence-corrected chi connectivity index (χ1v) is 12.9. The summed E-state index contributed by atoms with van der Waals surface area (Å²) >= 11 is 1.27. The van der Waals surface area contributed by atoms with Gasteiger partial charge in [-0.3, -0.25) is 9.59 Å². The van der Waals surface area contributed by atoms with Crippen LogP contribution < -0.4 is 4.74 Å². The molecule has 1 aliphatic rings. The second-order valence-corrected chi connectivity index (χ2v) is 9.86. The Kier molecular flexibility index (Phi) is 7.86. The van der Waals surface area contributed by atoms with E-state index in [-0.39, 0.29) is 11.4 Å². The molecule has 188 valence electrons. The van der Waals surface area contributed by atoms with Crippen LogP contribution in [0, 0.1) is 13.8 Å². The molecule has 3 aromatic rings. The molecule has 0 radical (unpaired) electrons. The van der Waals surface area contributed by atoms with Crippen LogP contribution in [0.1, 0.15) is 45.8 Å². The van der Waals surface area contributed by atoms with Crippen LogP contribution in [0.25, 0.3) is 0 Å². The van der Waals surface area contributed by atoms with Crippen LogP contribution in [0.15, 0.2) is 65.9 Å². The maximum atomic E-state index is 13.7. The highest BCUT2D eigenvalue weighted by Gasteiger charge is 2.44. The van der Waals surface area contributed by atoms with Crippen molar-refractivity contribution in [2.45, 2.75) is 33.7 Å². The molecule has 0 fully saturated rings. The quantitative estimate of drug-likeness (QED) is 0.368. The average Bonchev–Trinajstić information content (AvgIpc) is 3.35. The van der Waals surface area contributed by atoms with Crippen molar-refractivity contribution >= 4 is 23.0 Å². The molecule has 1 atom stereocenters. The summed E-state index contributed by atoms with van der Waals surface area (Å²) in [5.74, 6) is -0.138. The Bertz CT molecular complexity index is 1280. The molecule has 0 bridgehead atoms. The van der Waals surface area contributed by atoms with Gasteiger partial charge in [0, 0.05) is 13.1 Å². The summed E-state index contributed by atoms with van der Waals surface area (Å²) in [7, 11) is 0. The van der Waals surface area contributed by atoms with Gasteiger partial charge in [0.1, 0.15) is 11.5 Å². The smallest absolute Gasteiger partial charge is 0.290 e. The summed E-state index contributed by atoms with van der Waals surface area (Å²) in [5, 5.41) is 11.7. The molecule has 0 spiro atoms. The minimum Gasteiger partial charge on any atom is -0.503 e. The van der Waals surface area contributed by atoms with E-state index in [0.717, 1.165) is 18.1 Å². The predicted octanol–water partition coefficient (Wildman–Crippen LogP) is 5.47. The second-order valence-electron chi connectivity index (χ2n) is 8.65. The number of aromatic nitrogens is 1. The van der Waals surface area contributed by atoms with Crippen LogP contribution in [0.5, 0.6) is 11.5 Å². The third-order valence-corrected chi connectivity index (χ3v) is 7.43. The molecular weight excluding hydrogens is 474 g/mol. The number of hydrogen-bond acceptors (Lipinski definition) is 7. The lowest BCUT2D eigenvalue weighted by atomic mass is 9.95. The molecule has 1 N–H and O–H groups in total. The Morgan fingerprint density at radius 2 is 1.78 bits per heavy atom. The maximum absolute atomic E-state index is 13.7. The van der Waals surface area contributed by atoms with Gasteiger partial charge in [-0.25, -0.2) is 4.98 Å². The number of likely N-dealkylation sites (N-methyl/N-ethyl adjacent to an activating group) is 1. The number of benzene rings is 2. The van der Waals surface area contributed by atoms with E-state index in [9.17, 15) is 14.7 Å². The number of hydrogen-bond donors (Lipinski definition) is 1. The van der Waals surface area contributed by atoms with Gasteiger partial charge in [-0.1, -0.05) is 44.2 Å². The van der Waals surface area contributed by atoms with E-state index in [1.54, 1.807) is 11.8 Å². The number of aryl methyl sites for hydroxylation is 2. The molecule has 4 rings (SSSR count). The number of Topliss-reactive ketones (excluding diaryl/α,β-unsaturated/α-hetero) is 1. The van der Waals surface area contributed by atoms with E-state index >= 15 is 0 Å². The molecule has 2 aromatic carbocycles. The number of ether oxygens (including phenoxy) is 1. The Hall–Kier alpha value is -3.49. The minimum atomic E-state index is -0.735. The molecule has 0 saturated carbocycles. The van der Waals surface area contributed by atoms with Gasteiger partial charge >= 0.3 is 0 Å². The van der Waals surface area contributed by atoms with E-state index in [0.29, 0.717) is 40.7 Å². The highest BCUT2D eigenvalue weighted by molar-refractivity contribution is 7.14. The molecule has 2 heterocycles. The maximum Gasteiger partial charge on any atom is 0.290 e. The number of amides is 1. The van der Waals surface area contributed by atoms with Gasteiger partial charge in [-0.15, -0.1) is 11.3 Å². The van der Waals surface area contributed by atoms with E-state index in [2.05, 4.69) is 23.7 Å². The summed E-state index contributed by atoms with van der Waals surface area (Å²) in [6, 6.07) is 16.0. The summed E-state index contributed by atoms with van der Waals surface area (Å²) in [4.78, 5) is 35.6. The number of nitrogens with zero attached hydrogens (tertiary/aromatic N) is 3. The van der Waals surface area contributed by atoms with Crippen molar-refractivity contribution in [2.24, 2.45) is 0 Å². The number of thiazole rings is 1. The first-order valence-electron chi connectivity index (χ1n) is 12.1. The van der Waals surface area contributed by atoms with E-state index in [1.165, 1.54) is 11.3 Å². The predicted molar refractivity (Wildman–Crippen MR) is 141 cm³/mol. The number of aliphatic hydroxyl groups is 1. The SMILES string of the molecule is CCN(CC)CCN1C(=O)C(O)=C(C(=O)c2sc(C)nc2C)C1c1cccc(Oc2ccccc2)c1. The third-order valence-electron chi connectivity index (χ3n) is 6.36. The third kappa shape index (κ3) is 5.20. The van der Waals surface area contributed by atoms with Crippen molar-refractivity contribution in [3.63, 3.8) is 0 Å². The first-order chi connectivity index (χ1) is 17.3. The van der Waals surface area contributed by atoms with Crippen molar-refractivity contribution in [3.05, 3.63) is 87.1 Å². The molecule has 0 saturated heterocycles. The van der Waals surface area contributed by atoms with Crippen LogP contribution in [0.2, 0.25) is 0 Å². The monoisotopic (exact) mass is 505 g/mol. The molecule has 1 aromatic heterocycles. The number of carbonyl (C=O) groups excluding carboxylic acids is 2. The van der Waals surface area contributed by atoms with Crippen molar-refractivity contribution in [1.82, 2.24) is 14.8 Å². The van der Waals surface area contributed by atoms with Crippen LogP contribution in [0.4, 0.5) is 0 Å². The highest BCUT2D eigenvalue weighted by Crippen LogP contribution is 2.41. The lowest BCUT2D eigenvalue weighted by Gasteiger charge is -2.29. The summed E-state index contributed by atoms with van der Waals surface area (Å²) in [6.07, 6.45) is 0. The number of aliphatic hydroxyl groups excluding tert-OH is 1. The van der Waals surface area contributed by atoms with Gasteiger partial charge in [-0.05, 0) is 56.8 Å². The fourth-order valence-corrected chi connectivity index (χ4v) is 5.36. The van der Waals surface area contributed by atoms with Crippen molar-refractivity contribution in [3.8, 4) is 11.5 Å². The van der Waals surface area contributed by atoms with Gasteiger partial charge in [0.2, 0.25) is 5.78 Å². The lowest BCUT2D eigenvalue weighted by Crippen LogP contribution is -2.38. The highest BCUT2D eigenvalue weighted by atomic mass is 32.1. The number of ketones is 1. The van der Waals surface area contributed by atoms with E-state index in [4.69, 9.17) is 4.74 Å². The Labute approximate surface area is 215 Å². The Morgan fingerprint density at radius 1 is 1.08 bits per heavy atom. The van der Waals surface area contributed by atoms with Crippen LogP contribution in [0.3, 0.4) is 0 Å². The van der Waals surface area contributed by atoms with Gasteiger partial charge < -0.3 is 19.6 Å². The first kappa shape index (κ1) is 25.6. The Morgan fingerprint density at radius 3 is 2.42 bits per heavy atom. The molecule has 8 heteroatoms. The molecule has 0 aliphatic carbocycles. The molecule has 1 unspecified atom stereocenters. The number of para-hydroxylation sites is 1. The van der Waals surface area contributed by atoms with Gasteiger partial charge in [0.25, 0.3) is 5.91 Å². The van der Waals surface area contributed by atoms with Crippen molar-refractivity contribution < 1.29 is 19.4 Å². The largest absolute Gasteiger partial charge is 0.503 e. The topological polar surface area (TPSA) is 83.0 Å². The van der Waals surface area contributed by atoms with Gasteiger partial charge in [0.05, 0.1) is 27.2 Å². The zero-order valence-electron chi connectivity index (χ0n) is 21.0. The molecular formula is C28H31N3O4S. The van der Waals surface area contributed by atoms with E-state index < -0.39 is 17.7 Å². The molecule has 7 nitrogen and oxygen atoms in total. The summed E-state index contributed by atoms with van der Waals surface area (Å²) in [5.41, 5.74) is 1.38. The fraction of sp³-hybridized carbons (Fsp3) is 0.321. The minimum absolute atomic E-state index is 0.0863. The van der Waals surface area contributed by atoms with Gasteiger partial charge in [-0.2, -0.15) is 0 Å². The number of carbonyl (C=O) groups is 2. The second kappa shape index (κ2) is 11.1. The van der Waals surface area contributed by atoms with Crippen molar-refractivity contribution in [2.75, 3.05) is 26.2 Å². The normalized spacial score (nSPS) is 15.8. The Balaban J connectivity index is 1.75. The molecule has 36 heavy (non-hydrogen) atoms. The van der Waals surface area contributed by atoms with Crippen LogP contribution >= 0.6 is 11.3 Å². The number of rotatable bonds is 10. The van der Waals surface area contributed by atoms with Crippen LogP contribution in [-0.4, -0.2) is 57.8 Å². The summed E-state index contributed by atoms with van der Waals surface area (Å²) < 4.78 is 6.02. The zero-order chi connectivity index (χ0) is 25.8. The summed E-state index contributed by atoms with van der Waals surface area (Å²) in [6.45, 7) is 10.4. The van der Waals surface area contributed by atoms with E-state index in [1.807, 2.05) is 61.5 Å². The van der Waals surface area contributed by atoms with Crippen LogP contribution in [-0.2, 0) is 4.79 Å². The molecule has 1 aliphatic heterocycles. The molecule has 1 amide bonds. The standard InChI is InChI=1S/C28H31N3O4S/c1-5-30(6-2)15-16-31-24(20-11-10-14-22(17-20)35-21-12-8-7-9-13-21)23(26(33)28(31)34)25(32)27-18(3)29-19(4)36-27/h7-14,17,24,33H,5-6,15-16H2,1-4H3. The lowest BCUT2D eigenvalue weighted by molar-refractivity contribution is -0.129. The average molecular weight is 506 g/mol. The zero-order valence-corrected chi connectivity index (χ0v) is 21.8. The van der Waals surface area contributed by atoms with Crippen molar-refractivity contribution in [1.29, 1.82) is 0 Å². The van der Waals surface area contributed by atoms with Gasteiger partial charge in [0.15, 0.2) is 5.76 Å².